The SMILES string of the molecule is NCc1cc(C(F)(F)F)ccc1C1C(=S)C=CC=C1C=O. The van der Waals surface area contributed by atoms with Gasteiger partial charge in [0, 0.05) is 22.9 Å². The van der Waals surface area contributed by atoms with Crippen LogP contribution in [0.3, 0.4) is 0 Å². The Labute approximate surface area is 125 Å². The topological polar surface area (TPSA) is 43.1 Å². The molecule has 0 spiro atoms. The van der Waals surface area contributed by atoms with Gasteiger partial charge in [-0.05, 0) is 29.3 Å². The summed E-state index contributed by atoms with van der Waals surface area (Å²) in [5.74, 6) is -0.525. The summed E-state index contributed by atoms with van der Waals surface area (Å²) in [6, 6.07) is 3.34. The maximum Gasteiger partial charge on any atom is 0.416 e. The first-order valence-electron chi connectivity index (χ1n) is 6.16. The van der Waals surface area contributed by atoms with Crippen LogP contribution >= 0.6 is 12.2 Å². The van der Waals surface area contributed by atoms with Crippen molar-refractivity contribution in [2.45, 2.75) is 18.6 Å². The summed E-state index contributed by atoms with van der Waals surface area (Å²) >= 11 is 5.22. The summed E-state index contributed by atoms with van der Waals surface area (Å²) in [5, 5.41) is 0. The van der Waals surface area contributed by atoms with Crippen molar-refractivity contribution in [1.82, 2.24) is 0 Å². The molecule has 1 aliphatic carbocycles. The van der Waals surface area contributed by atoms with Crippen molar-refractivity contribution in [3.8, 4) is 0 Å². The second-order valence-corrected chi connectivity index (χ2v) is 5.07. The Morgan fingerprint density at radius 3 is 2.62 bits per heavy atom. The number of thiocarbonyl (C=S) groups is 1. The average molecular weight is 311 g/mol. The number of nitrogens with two attached hydrogens (primary N) is 1. The molecule has 110 valence electrons. The van der Waals surface area contributed by atoms with Crippen LogP contribution in [-0.2, 0) is 17.5 Å². The van der Waals surface area contributed by atoms with Gasteiger partial charge in [0.1, 0.15) is 6.29 Å². The molecule has 0 heterocycles. The van der Waals surface area contributed by atoms with Crippen molar-refractivity contribution < 1.29 is 18.0 Å². The van der Waals surface area contributed by atoms with Crippen LogP contribution < -0.4 is 5.73 Å². The van der Waals surface area contributed by atoms with Gasteiger partial charge >= 0.3 is 6.18 Å². The number of carbonyl (C=O) groups is 1. The molecule has 0 aliphatic heterocycles. The second-order valence-electron chi connectivity index (χ2n) is 4.59. The summed E-state index contributed by atoms with van der Waals surface area (Å²) in [5.41, 5.74) is 6.09. The van der Waals surface area contributed by atoms with Gasteiger partial charge in [0.15, 0.2) is 0 Å². The Bertz CT molecular complexity index is 647. The fourth-order valence-electron chi connectivity index (χ4n) is 2.29. The first kappa shape index (κ1) is 15.6. The molecular formula is C15H12F3NOS. The van der Waals surface area contributed by atoms with Crippen molar-refractivity contribution in [2.75, 3.05) is 0 Å². The molecule has 1 aliphatic rings. The second kappa shape index (κ2) is 5.91. The largest absolute Gasteiger partial charge is 0.416 e. The number of carbonyl (C=O) groups excluding carboxylic acids is 1. The Hall–Kier alpha value is -1.79. The lowest BCUT2D eigenvalue weighted by Gasteiger charge is -2.23. The van der Waals surface area contributed by atoms with E-state index in [9.17, 15) is 18.0 Å². The highest BCUT2D eigenvalue weighted by atomic mass is 32.1. The quantitative estimate of drug-likeness (QED) is 0.688. The summed E-state index contributed by atoms with van der Waals surface area (Å²) < 4.78 is 38.3. The van der Waals surface area contributed by atoms with Crippen molar-refractivity contribution in [3.05, 3.63) is 58.7 Å². The van der Waals surface area contributed by atoms with E-state index in [2.05, 4.69) is 0 Å². The zero-order valence-electron chi connectivity index (χ0n) is 10.9. The molecule has 0 amide bonds. The van der Waals surface area contributed by atoms with Crippen LogP contribution in [0.25, 0.3) is 0 Å². The summed E-state index contributed by atoms with van der Waals surface area (Å²) in [4.78, 5) is 11.6. The zero-order valence-corrected chi connectivity index (χ0v) is 11.7. The van der Waals surface area contributed by atoms with E-state index in [0.29, 0.717) is 27.9 Å². The number of halogens is 3. The Kier molecular flexibility index (Phi) is 4.39. The predicted octanol–water partition coefficient (Wildman–Crippen LogP) is 3.31. The van der Waals surface area contributed by atoms with Gasteiger partial charge in [-0.1, -0.05) is 30.4 Å². The monoisotopic (exact) mass is 311 g/mol. The number of aldehydes is 1. The Morgan fingerprint density at radius 2 is 2.05 bits per heavy atom. The van der Waals surface area contributed by atoms with E-state index in [1.807, 2.05) is 0 Å². The Balaban J connectivity index is 2.54. The third-order valence-corrected chi connectivity index (χ3v) is 3.68. The van der Waals surface area contributed by atoms with E-state index >= 15 is 0 Å². The molecule has 2 N–H and O–H groups in total. The first-order chi connectivity index (χ1) is 9.88. The number of rotatable bonds is 3. The summed E-state index contributed by atoms with van der Waals surface area (Å²) in [6.07, 6.45) is 1.14. The van der Waals surface area contributed by atoms with Crippen LogP contribution in [0.4, 0.5) is 13.2 Å². The molecule has 0 saturated carbocycles. The standard InChI is InChI=1S/C15H12F3NOS/c16-15(17,18)11-4-5-12(10(6-11)7-19)14-9(8-20)2-1-3-13(14)21/h1-6,8,14H,7,19H2. The van der Waals surface area contributed by atoms with Crippen LogP contribution in [0.15, 0.2) is 42.0 Å². The molecular weight excluding hydrogens is 299 g/mol. The molecule has 2 rings (SSSR count). The first-order valence-corrected chi connectivity index (χ1v) is 6.56. The minimum atomic E-state index is -4.43. The lowest BCUT2D eigenvalue weighted by atomic mass is 9.83. The molecule has 1 atom stereocenters. The van der Waals surface area contributed by atoms with Gasteiger partial charge in [0.2, 0.25) is 0 Å². The molecule has 1 aromatic carbocycles. The van der Waals surface area contributed by atoms with E-state index in [4.69, 9.17) is 18.0 Å². The van der Waals surface area contributed by atoms with Gasteiger partial charge in [-0.2, -0.15) is 13.2 Å². The van der Waals surface area contributed by atoms with Gasteiger partial charge in [-0.3, -0.25) is 4.79 Å². The summed E-state index contributed by atoms with van der Waals surface area (Å²) in [6.45, 7) is -0.0613. The maximum atomic E-state index is 12.8. The van der Waals surface area contributed by atoms with E-state index in [-0.39, 0.29) is 6.54 Å². The van der Waals surface area contributed by atoms with Crippen molar-refractivity contribution in [2.24, 2.45) is 5.73 Å². The van der Waals surface area contributed by atoms with Crippen LogP contribution in [0.2, 0.25) is 0 Å². The maximum absolute atomic E-state index is 12.8. The highest BCUT2D eigenvalue weighted by Gasteiger charge is 2.32. The normalized spacial score (nSPS) is 18.6. The Morgan fingerprint density at radius 1 is 1.33 bits per heavy atom. The number of alkyl halides is 3. The van der Waals surface area contributed by atoms with E-state index in [1.54, 1.807) is 18.2 Å². The van der Waals surface area contributed by atoms with Gasteiger partial charge < -0.3 is 5.73 Å². The molecule has 0 bridgehead atoms. The lowest BCUT2D eigenvalue weighted by molar-refractivity contribution is -0.137. The summed E-state index contributed by atoms with van der Waals surface area (Å²) in [7, 11) is 0. The minimum Gasteiger partial charge on any atom is -0.326 e. The molecule has 0 aromatic heterocycles. The zero-order chi connectivity index (χ0) is 15.6. The minimum absolute atomic E-state index is 0.0613. The predicted molar refractivity (Wildman–Crippen MR) is 78.0 cm³/mol. The van der Waals surface area contributed by atoms with Gasteiger partial charge in [-0.25, -0.2) is 0 Å². The van der Waals surface area contributed by atoms with Crippen molar-refractivity contribution in [3.63, 3.8) is 0 Å². The van der Waals surface area contributed by atoms with Crippen LogP contribution in [0.5, 0.6) is 0 Å². The number of allylic oxidation sites excluding steroid dienone is 4. The van der Waals surface area contributed by atoms with E-state index in [1.165, 1.54) is 6.07 Å². The molecule has 0 radical (unpaired) electrons. The smallest absolute Gasteiger partial charge is 0.326 e. The van der Waals surface area contributed by atoms with Gasteiger partial charge in [-0.15, -0.1) is 0 Å². The van der Waals surface area contributed by atoms with Crippen LogP contribution in [0, 0.1) is 0 Å². The number of benzene rings is 1. The van der Waals surface area contributed by atoms with E-state index in [0.717, 1.165) is 12.1 Å². The van der Waals surface area contributed by atoms with Crippen molar-refractivity contribution in [1.29, 1.82) is 0 Å². The molecule has 6 heteroatoms. The molecule has 1 unspecified atom stereocenters. The highest BCUT2D eigenvalue weighted by molar-refractivity contribution is 7.80. The lowest BCUT2D eigenvalue weighted by Crippen LogP contribution is -2.18. The fraction of sp³-hybridized carbons (Fsp3) is 0.200. The molecule has 0 saturated heterocycles. The van der Waals surface area contributed by atoms with Crippen molar-refractivity contribution >= 4 is 23.4 Å². The molecule has 21 heavy (non-hydrogen) atoms. The van der Waals surface area contributed by atoms with Gasteiger partial charge in [0.25, 0.3) is 0 Å². The van der Waals surface area contributed by atoms with E-state index < -0.39 is 17.7 Å². The van der Waals surface area contributed by atoms with Crippen LogP contribution in [-0.4, -0.2) is 11.2 Å². The fourth-order valence-corrected chi connectivity index (χ4v) is 2.63. The third kappa shape index (κ3) is 3.11. The van der Waals surface area contributed by atoms with Crippen LogP contribution in [0.1, 0.15) is 22.6 Å². The molecule has 2 nitrogen and oxygen atoms in total. The molecule has 1 aromatic rings. The third-order valence-electron chi connectivity index (χ3n) is 3.30. The highest BCUT2D eigenvalue weighted by Crippen LogP contribution is 2.35. The number of hydrogen-bond acceptors (Lipinski definition) is 3. The number of hydrogen-bond donors (Lipinski definition) is 1. The average Bonchev–Trinajstić information content (AvgIpc) is 2.45. The molecule has 0 fully saturated rings. The van der Waals surface area contributed by atoms with Gasteiger partial charge in [0.05, 0.1) is 5.56 Å².